The van der Waals surface area contributed by atoms with Crippen molar-refractivity contribution in [3.05, 3.63) is 36.1 Å². The summed E-state index contributed by atoms with van der Waals surface area (Å²) in [6.07, 6.45) is 7.65. The van der Waals surface area contributed by atoms with E-state index in [0.717, 1.165) is 24.1 Å². The quantitative estimate of drug-likeness (QED) is 0.644. The molecule has 15 heavy (non-hydrogen) atoms. The van der Waals surface area contributed by atoms with Crippen LogP contribution in [-0.4, -0.2) is 17.9 Å². The first kappa shape index (κ1) is 11.8. The number of likely N-dealkylation sites (N-methyl/N-ethyl adjacent to an activating group) is 1. The van der Waals surface area contributed by atoms with E-state index < -0.39 is 0 Å². The predicted octanol–water partition coefficient (Wildman–Crippen LogP) is 2.89. The number of likely N-dealkylation sites (tertiary alicyclic amines) is 1. The Kier molecular flexibility index (Phi) is 3.89. The molecule has 1 aliphatic heterocycles. The average Bonchev–Trinajstić information content (AvgIpc) is 2.31. The van der Waals surface area contributed by atoms with Crippen LogP contribution in [0.2, 0.25) is 0 Å². The standard InChI is InChI=1S/C13H19NO/c1-5-6-7-12-10(2)8-9-11(3)13(15)14(12)4/h5-7,11H,2,8-9H2,1,3-4H3/b6-5-,12-7+. The molecule has 1 atom stereocenters. The fraction of sp³-hybridized carbons (Fsp3) is 0.462. The van der Waals surface area contributed by atoms with Gasteiger partial charge >= 0.3 is 0 Å². The molecule has 0 aromatic heterocycles. The minimum absolute atomic E-state index is 0.100. The average molecular weight is 205 g/mol. The fourth-order valence-corrected chi connectivity index (χ4v) is 1.75. The second-order valence-electron chi connectivity index (χ2n) is 4.02. The maximum atomic E-state index is 11.9. The number of allylic oxidation sites excluding steroid dienone is 4. The summed E-state index contributed by atoms with van der Waals surface area (Å²) in [5.74, 6) is 0.285. The maximum absolute atomic E-state index is 11.9. The van der Waals surface area contributed by atoms with Crippen LogP contribution in [0, 0.1) is 5.92 Å². The zero-order valence-electron chi connectivity index (χ0n) is 9.79. The smallest absolute Gasteiger partial charge is 0.229 e. The zero-order valence-corrected chi connectivity index (χ0v) is 9.79. The van der Waals surface area contributed by atoms with Gasteiger partial charge in [-0.25, -0.2) is 0 Å². The SMILES string of the molecule is C=C1CCC(C)C(=O)N(C)/C1=C/C=C\C. The van der Waals surface area contributed by atoms with Crippen molar-refractivity contribution < 1.29 is 4.79 Å². The van der Waals surface area contributed by atoms with Gasteiger partial charge in [0.05, 0.1) is 0 Å². The molecule has 1 heterocycles. The normalized spacial score (nSPS) is 26.5. The summed E-state index contributed by atoms with van der Waals surface area (Å²) in [7, 11) is 1.82. The van der Waals surface area contributed by atoms with Gasteiger partial charge in [-0.05, 0) is 31.4 Å². The second kappa shape index (κ2) is 4.96. The minimum atomic E-state index is 0.100. The lowest BCUT2D eigenvalue weighted by molar-refractivity contribution is -0.131. The number of rotatable bonds is 1. The molecule has 1 aliphatic rings. The van der Waals surface area contributed by atoms with Gasteiger partial charge in [-0.15, -0.1) is 0 Å². The highest BCUT2D eigenvalue weighted by Gasteiger charge is 2.25. The third-order valence-electron chi connectivity index (χ3n) is 2.80. The van der Waals surface area contributed by atoms with Gasteiger partial charge in [-0.2, -0.15) is 0 Å². The number of hydrogen-bond acceptors (Lipinski definition) is 1. The summed E-state index contributed by atoms with van der Waals surface area (Å²) in [5, 5.41) is 0. The second-order valence-corrected chi connectivity index (χ2v) is 4.02. The molecule has 1 saturated heterocycles. The highest BCUT2D eigenvalue weighted by molar-refractivity contribution is 5.81. The van der Waals surface area contributed by atoms with Crippen LogP contribution < -0.4 is 0 Å². The van der Waals surface area contributed by atoms with Crippen molar-refractivity contribution in [2.24, 2.45) is 5.92 Å². The van der Waals surface area contributed by atoms with Gasteiger partial charge < -0.3 is 4.90 Å². The lowest BCUT2D eigenvalue weighted by atomic mass is 10.0. The van der Waals surface area contributed by atoms with Crippen LogP contribution in [0.5, 0.6) is 0 Å². The molecule has 1 fully saturated rings. The molecule has 0 aromatic rings. The van der Waals surface area contributed by atoms with Crippen LogP contribution in [0.25, 0.3) is 0 Å². The molecule has 0 aromatic carbocycles. The van der Waals surface area contributed by atoms with Crippen molar-refractivity contribution in [3.8, 4) is 0 Å². The van der Waals surface area contributed by atoms with E-state index in [0.29, 0.717) is 0 Å². The third-order valence-corrected chi connectivity index (χ3v) is 2.80. The van der Waals surface area contributed by atoms with Crippen LogP contribution in [0.1, 0.15) is 26.7 Å². The first-order valence-corrected chi connectivity index (χ1v) is 5.36. The first-order chi connectivity index (χ1) is 7.07. The van der Waals surface area contributed by atoms with Crippen molar-refractivity contribution >= 4 is 5.91 Å². The Bertz CT molecular complexity index is 325. The Morgan fingerprint density at radius 2 is 2.20 bits per heavy atom. The lowest BCUT2D eigenvalue weighted by Crippen LogP contribution is -2.29. The van der Waals surface area contributed by atoms with Crippen molar-refractivity contribution in [2.75, 3.05) is 7.05 Å². The summed E-state index contributed by atoms with van der Waals surface area (Å²) in [6, 6.07) is 0. The van der Waals surface area contributed by atoms with Gasteiger partial charge in [-0.1, -0.05) is 25.7 Å². The number of carbonyl (C=O) groups excluding carboxylic acids is 1. The molecule has 82 valence electrons. The molecule has 0 saturated carbocycles. The first-order valence-electron chi connectivity index (χ1n) is 5.36. The van der Waals surface area contributed by atoms with Crippen LogP contribution in [0.15, 0.2) is 36.1 Å². The summed E-state index contributed by atoms with van der Waals surface area (Å²) in [4.78, 5) is 13.6. The fourth-order valence-electron chi connectivity index (χ4n) is 1.75. The molecule has 1 amide bonds. The monoisotopic (exact) mass is 205 g/mol. The summed E-state index contributed by atoms with van der Waals surface area (Å²) < 4.78 is 0. The highest BCUT2D eigenvalue weighted by Crippen LogP contribution is 2.26. The summed E-state index contributed by atoms with van der Waals surface area (Å²) >= 11 is 0. The molecule has 0 spiro atoms. The van der Waals surface area contributed by atoms with Crippen LogP contribution in [0.3, 0.4) is 0 Å². The maximum Gasteiger partial charge on any atom is 0.229 e. The molecule has 0 radical (unpaired) electrons. The summed E-state index contributed by atoms with van der Waals surface area (Å²) in [6.45, 7) is 7.97. The molecule has 2 heteroatoms. The molecule has 2 nitrogen and oxygen atoms in total. The van der Waals surface area contributed by atoms with E-state index in [2.05, 4.69) is 6.58 Å². The molecule has 1 rings (SSSR count). The van der Waals surface area contributed by atoms with Crippen molar-refractivity contribution in [2.45, 2.75) is 26.7 Å². The number of nitrogens with zero attached hydrogens (tertiary/aromatic N) is 1. The van der Waals surface area contributed by atoms with Crippen molar-refractivity contribution in [1.29, 1.82) is 0 Å². The zero-order chi connectivity index (χ0) is 11.4. The van der Waals surface area contributed by atoms with Crippen LogP contribution >= 0.6 is 0 Å². The molecule has 0 N–H and O–H groups in total. The lowest BCUT2D eigenvalue weighted by Gasteiger charge is -2.20. The third kappa shape index (κ3) is 2.58. The van der Waals surface area contributed by atoms with E-state index in [1.807, 2.05) is 39.1 Å². The molecular weight excluding hydrogens is 186 g/mol. The molecule has 0 bridgehead atoms. The van der Waals surface area contributed by atoms with E-state index in [1.165, 1.54) is 0 Å². The summed E-state index contributed by atoms with van der Waals surface area (Å²) in [5.41, 5.74) is 2.00. The largest absolute Gasteiger partial charge is 0.315 e. The molecule has 1 unspecified atom stereocenters. The van der Waals surface area contributed by atoms with Crippen molar-refractivity contribution in [3.63, 3.8) is 0 Å². The molecule has 0 aliphatic carbocycles. The van der Waals surface area contributed by atoms with Gasteiger partial charge in [0.2, 0.25) is 5.91 Å². The number of amides is 1. The Labute approximate surface area is 92.0 Å². The predicted molar refractivity (Wildman–Crippen MR) is 63.2 cm³/mol. The Balaban J connectivity index is 3.02. The van der Waals surface area contributed by atoms with Crippen molar-refractivity contribution in [1.82, 2.24) is 4.90 Å². The Morgan fingerprint density at radius 3 is 2.80 bits per heavy atom. The van der Waals surface area contributed by atoms with E-state index >= 15 is 0 Å². The van der Waals surface area contributed by atoms with E-state index in [9.17, 15) is 4.79 Å². The van der Waals surface area contributed by atoms with Gasteiger partial charge in [0, 0.05) is 18.7 Å². The van der Waals surface area contributed by atoms with E-state index in [4.69, 9.17) is 0 Å². The minimum Gasteiger partial charge on any atom is -0.315 e. The van der Waals surface area contributed by atoms with Gasteiger partial charge in [-0.3, -0.25) is 4.79 Å². The molecular formula is C13H19NO. The van der Waals surface area contributed by atoms with Gasteiger partial charge in [0.1, 0.15) is 0 Å². The van der Waals surface area contributed by atoms with Crippen LogP contribution in [0.4, 0.5) is 0 Å². The Hall–Kier alpha value is -1.31. The van der Waals surface area contributed by atoms with Crippen LogP contribution in [-0.2, 0) is 4.79 Å². The van der Waals surface area contributed by atoms with Gasteiger partial charge in [0.25, 0.3) is 0 Å². The van der Waals surface area contributed by atoms with E-state index in [-0.39, 0.29) is 11.8 Å². The van der Waals surface area contributed by atoms with Gasteiger partial charge in [0.15, 0.2) is 0 Å². The number of hydrogen-bond donors (Lipinski definition) is 0. The van der Waals surface area contributed by atoms with E-state index in [1.54, 1.807) is 4.90 Å². The Morgan fingerprint density at radius 1 is 1.53 bits per heavy atom. The highest BCUT2D eigenvalue weighted by atomic mass is 16.2. The topological polar surface area (TPSA) is 20.3 Å². The number of carbonyl (C=O) groups is 1.